The Morgan fingerprint density at radius 3 is 2.18 bits per heavy atom. The second-order valence-electron chi connectivity index (χ2n) is 7.23. The number of hydroxylamine groups is 1. The summed E-state index contributed by atoms with van der Waals surface area (Å²) in [5, 5.41) is 14.4. The van der Waals surface area contributed by atoms with Gasteiger partial charge in [0.1, 0.15) is 19.2 Å². The summed E-state index contributed by atoms with van der Waals surface area (Å²) >= 11 is 0. The average Bonchev–Trinajstić information content (AvgIpc) is 2.84. The van der Waals surface area contributed by atoms with Crippen molar-refractivity contribution in [1.82, 2.24) is 16.1 Å². The Bertz CT molecular complexity index is 1050. The molecule has 0 saturated heterocycles. The number of ether oxygens (including phenoxy) is 1. The Hall–Kier alpha value is -3.48. The second-order valence-corrected chi connectivity index (χ2v) is 8.92. The topological polar surface area (TPSA) is 160 Å². The molecular weight excluding hydrogens is 466 g/mol. The van der Waals surface area contributed by atoms with Crippen molar-refractivity contribution in [2.24, 2.45) is 0 Å². The number of nitrogens with one attached hydrogen (secondary N) is 3. The fourth-order valence-electron chi connectivity index (χ4n) is 2.61. The van der Waals surface area contributed by atoms with Crippen LogP contribution in [0.25, 0.3) is 0 Å². The van der Waals surface area contributed by atoms with Gasteiger partial charge in [-0.15, -0.1) is 4.28 Å². The van der Waals surface area contributed by atoms with Gasteiger partial charge in [0.25, 0.3) is 5.91 Å². The molecule has 4 N–H and O–H groups in total. The third-order valence-corrected chi connectivity index (χ3v) is 5.71. The molecule has 2 aromatic rings. The molecule has 0 aliphatic carbocycles. The van der Waals surface area contributed by atoms with E-state index in [1.54, 1.807) is 54.0 Å². The van der Waals surface area contributed by atoms with Crippen molar-refractivity contribution in [3.63, 3.8) is 0 Å². The molecule has 2 rings (SSSR count). The van der Waals surface area contributed by atoms with Crippen LogP contribution in [0.4, 0.5) is 4.79 Å². The number of amides is 3. The van der Waals surface area contributed by atoms with Crippen LogP contribution in [0.3, 0.4) is 0 Å². The predicted octanol–water partition coefficient (Wildman–Crippen LogP) is 0.746. The number of benzene rings is 2. The number of aliphatic hydroxyl groups excluding tert-OH is 1. The van der Waals surface area contributed by atoms with Crippen molar-refractivity contribution in [3.05, 3.63) is 71.8 Å². The van der Waals surface area contributed by atoms with Crippen LogP contribution in [0.15, 0.2) is 60.7 Å². The van der Waals surface area contributed by atoms with Crippen molar-refractivity contribution < 1.29 is 36.9 Å². The van der Waals surface area contributed by atoms with Crippen molar-refractivity contribution in [2.75, 3.05) is 6.54 Å². The van der Waals surface area contributed by atoms with Crippen LogP contribution in [0.1, 0.15) is 24.5 Å². The molecule has 11 nitrogen and oxygen atoms in total. The SMILES string of the molecule is C[C@H](NC(=O)CNC(=O)OCc1ccccc1)C(=O)NOS(=O)(=O)C(O)CCc1ccccc1. The highest BCUT2D eigenvalue weighted by atomic mass is 32.2. The Morgan fingerprint density at radius 1 is 0.971 bits per heavy atom. The monoisotopic (exact) mass is 493 g/mol. The van der Waals surface area contributed by atoms with Gasteiger partial charge in [-0.1, -0.05) is 60.7 Å². The third-order valence-electron chi connectivity index (χ3n) is 4.49. The van der Waals surface area contributed by atoms with Gasteiger partial charge in [0, 0.05) is 0 Å². The summed E-state index contributed by atoms with van der Waals surface area (Å²) in [5.41, 5.74) is 1.44. The first kappa shape index (κ1) is 26.8. The summed E-state index contributed by atoms with van der Waals surface area (Å²) in [4.78, 5) is 35.6. The fraction of sp³-hybridized carbons (Fsp3) is 0.318. The summed E-state index contributed by atoms with van der Waals surface area (Å²) < 4.78 is 33.4. The van der Waals surface area contributed by atoms with E-state index in [2.05, 4.69) is 14.9 Å². The predicted molar refractivity (Wildman–Crippen MR) is 121 cm³/mol. The number of carbonyl (C=O) groups is 3. The molecule has 0 aromatic heterocycles. The number of hydrogen-bond donors (Lipinski definition) is 4. The van der Waals surface area contributed by atoms with Crippen LogP contribution in [0.2, 0.25) is 0 Å². The van der Waals surface area contributed by atoms with Gasteiger partial charge in [-0.25, -0.2) is 10.3 Å². The molecule has 0 spiro atoms. The highest BCUT2D eigenvalue weighted by Crippen LogP contribution is 2.10. The third kappa shape index (κ3) is 9.57. The zero-order valence-electron chi connectivity index (χ0n) is 18.5. The maximum Gasteiger partial charge on any atom is 0.407 e. The Morgan fingerprint density at radius 2 is 1.56 bits per heavy atom. The van der Waals surface area contributed by atoms with E-state index in [1.807, 2.05) is 12.1 Å². The van der Waals surface area contributed by atoms with Gasteiger partial charge in [-0.05, 0) is 30.9 Å². The molecule has 2 aromatic carbocycles. The minimum Gasteiger partial charge on any atom is -0.445 e. The van der Waals surface area contributed by atoms with Crippen molar-refractivity contribution in [1.29, 1.82) is 0 Å². The van der Waals surface area contributed by atoms with Gasteiger partial charge >= 0.3 is 16.2 Å². The van der Waals surface area contributed by atoms with Crippen molar-refractivity contribution >= 4 is 28.0 Å². The van der Waals surface area contributed by atoms with E-state index in [-0.39, 0.29) is 19.4 Å². The summed E-state index contributed by atoms with van der Waals surface area (Å²) in [6.45, 7) is 0.835. The molecule has 0 fully saturated rings. The largest absolute Gasteiger partial charge is 0.445 e. The molecule has 0 aliphatic rings. The number of carbonyl (C=O) groups excluding carboxylic acids is 3. The lowest BCUT2D eigenvalue weighted by Crippen LogP contribution is -2.48. The Kier molecular flexibility index (Phi) is 10.5. The number of hydrogen-bond acceptors (Lipinski definition) is 8. The van der Waals surface area contributed by atoms with Crippen LogP contribution in [-0.2, 0) is 41.8 Å². The normalized spacial score (nSPS) is 12.8. The number of rotatable bonds is 12. The van der Waals surface area contributed by atoms with Gasteiger partial charge in [-0.3, -0.25) is 9.59 Å². The van der Waals surface area contributed by atoms with Gasteiger partial charge in [0.15, 0.2) is 5.44 Å². The summed E-state index contributed by atoms with van der Waals surface area (Å²) in [6, 6.07) is 16.7. The molecule has 0 radical (unpaired) electrons. The zero-order valence-corrected chi connectivity index (χ0v) is 19.3. The number of aliphatic hydroxyl groups is 1. The van der Waals surface area contributed by atoms with Crippen LogP contribution in [-0.4, -0.2) is 49.5 Å². The first-order valence-electron chi connectivity index (χ1n) is 10.4. The van der Waals surface area contributed by atoms with E-state index < -0.39 is 46.0 Å². The first-order valence-corrected chi connectivity index (χ1v) is 11.8. The maximum absolute atomic E-state index is 12.0. The molecule has 12 heteroatoms. The van der Waals surface area contributed by atoms with E-state index in [0.717, 1.165) is 11.1 Å². The van der Waals surface area contributed by atoms with E-state index >= 15 is 0 Å². The lowest BCUT2D eigenvalue weighted by Gasteiger charge is -2.16. The molecule has 2 atom stereocenters. The van der Waals surface area contributed by atoms with E-state index in [1.165, 1.54) is 6.92 Å². The number of alkyl carbamates (subject to hydrolysis) is 1. The van der Waals surface area contributed by atoms with Crippen molar-refractivity contribution in [2.45, 2.75) is 37.9 Å². The Labute approximate surface area is 197 Å². The van der Waals surface area contributed by atoms with E-state index in [4.69, 9.17) is 4.74 Å². The lowest BCUT2D eigenvalue weighted by atomic mass is 10.1. The quantitative estimate of drug-likeness (QED) is 0.315. The van der Waals surface area contributed by atoms with Gasteiger partial charge < -0.3 is 20.5 Å². The van der Waals surface area contributed by atoms with Crippen LogP contribution < -0.4 is 16.1 Å². The average molecular weight is 494 g/mol. The fourth-order valence-corrected chi connectivity index (χ4v) is 3.32. The summed E-state index contributed by atoms with van der Waals surface area (Å²) in [7, 11) is -4.50. The van der Waals surface area contributed by atoms with Gasteiger partial charge in [-0.2, -0.15) is 8.42 Å². The van der Waals surface area contributed by atoms with Gasteiger partial charge in [0.05, 0.1) is 0 Å². The second kappa shape index (κ2) is 13.3. The van der Waals surface area contributed by atoms with Crippen LogP contribution in [0, 0.1) is 0 Å². The maximum atomic E-state index is 12.0. The minimum atomic E-state index is -4.50. The number of aryl methyl sites for hydroxylation is 1. The highest BCUT2D eigenvalue weighted by molar-refractivity contribution is 7.87. The first-order chi connectivity index (χ1) is 16.2. The molecule has 3 amide bonds. The summed E-state index contributed by atoms with van der Waals surface area (Å²) in [6.07, 6.45) is -0.679. The van der Waals surface area contributed by atoms with E-state index in [9.17, 15) is 27.9 Å². The molecule has 0 aliphatic heterocycles. The van der Waals surface area contributed by atoms with Gasteiger partial charge in [0.2, 0.25) is 5.91 Å². The molecule has 1 unspecified atom stereocenters. The van der Waals surface area contributed by atoms with E-state index in [0.29, 0.717) is 0 Å². The summed E-state index contributed by atoms with van der Waals surface area (Å²) in [5.74, 6) is -1.69. The zero-order chi connectivity index (χ0) is 25.0. The smallest absolute Gasteiger partial charge is 0.407 e. The highest BCUT2D eigenvalue weighted by Gasteiger charge is 2.26. The Balaban J connectivity index is 1.67. The standard InChI is InChI=1S/C22H27N3O8S/c1-16(24-19(26)14-23-22(29)32-15-18-10-6-3-7-11-18)21(28)25-33-34(30,31)20(27)13-12-17-8-4-2-5-9-17/h2-11,16,20,27H,12-15H2,1H3,(H,23,29)(H,24,26)(H,25,28)/t16-,20?/m0/s1. The molecule has 34 heavy (non-hydrogen) atoms. The molecule has 0 saturated carbocycles. The molecule has 0 heterocycles. The van der Waals surface area contributed by atoms with Crippen LogP contribution >= 0.6 is 0 Å². The lowest BCUT2D eigenvalue weighted by molar-refractivity contribution is -0.132. The van der Waals surface area contributed by atoms with Crippen LogP contribution in [0.5, 0.6) is 0 Å². The molecule has 0 bridgehead atoms. The minimum absolute atomic E-state index is 0.0239. The van der Waals surface area contributed by atoms with Crippen molar-refractivity contribution in [3.8, 4) is 0 Å². The molecule has 184 valence electrons. The molecular formula is C22H27N3O8S.